The zero-order valence-electron chi connectivity index (χ0n) is 17.9. The highest BCUT2D eigenvalue weighted by Crippen LogP contribution is 2.31. The molecule has 0 saturated heterocycles. The highest BCUT2D eigenvalue weighted by Gasteiger charge is 2.21. The second kappa shape index (κ2) is 12.5. The largest absolute Gasteiger partial charge is 0.105 e. The predicted octanol–water partition coefficient (Wildman–Crippen LogP) is 7.52. The van der Waals surface area contributed by atoms with Crippen LogP contribution < -0.4 is 5.30 Å². The fraction of sp³-hybridized carbons (Fsp3) is 0.600. The van der Waals surface area contributed by atoms with Crippen molar-refractivity contribution in [1.82, 2.24) is 0 Å². The van der Waals surface area contributed by atoms with Crippen LogP contribution in [0, 0.1) is 29.6 Å². The molecule has 3 atom stereocenters. The van der Waals surface area contributed by atoms with Gasteiger partial charge in [-0.05, 0) is 59.7 Å². The minimum absolute atomic E-state index is 0.747. The average molecular weight is 373 g/mol. The van der Waals surface area contributed by atoms with E-state index in [-0.39, 0.29) is 0 Å². The summed E-state index contributed by atoms with van der Waals surface area (Å²) < 4.78 is 0. The minimum Gasteiger partial charge on any atom is -0.105 e. The van der Waals surface area contributed by atoms with Gasteiger partial charge in [0.05, 0.1) is 0 Å². The summed E-state index contributed by atoms with van der Waals surface area (Å²) in [6.07, 6.45) is 14.3. The number of rotatable bonds is 11. The summed E-state index contributed by atoms with van der Waals surface area (Å²) in [5.74, 6) is 4.00. The lowest BCUT2D eigenvalue weighted by atomic mass is 9.77. The Labute approximate surface area is 165 Å². The van der Waals surface area contributed by atoms with Gasteiger partial charge < -0.3 is 0 Å². The van der Waals surface area contributed by atoms with E-state index in [0.717, 1.165) is 29.6 Å². The summed E-state index contributed by atoms with van der Waals surface area (Å²) >= 11 is 0. The molecule has 0 spiro atoms. The lowest BCUT2D eigenvalue weighted by Gasteiger charge is -2.28. The molecular formula is C25H41P. The Morgan fingerprint density at radius 1 is 0.846 bits per heavy atom. The van der Waals surface area contributed by atoms with Gasteiger partial charge in [-0.2, -0.15) is 0 Å². The Balaban J connectivity index is 2.59. The first kappa shape index (κ1) is 23.2. The fourth-order valence-electron chi connectivity index (χ4n) is 3.45. The third kappa shape index (κ3) is 9.18. The van der Waals surface area contributed by atoms with E-state index < -0.39 is 0 Å². The van der Waals surface area contributed by atoms with Crippen molar-refractivity contribution in [3.8, 4) is 0 Å². The van der Waals surface area contributed by atoms with Gasteiger partial charge in [0, 0.05) is 0 Å². The number of hydrogen-bond donors (Lipinski definition) is 0. The molecule has 0 aromatic heterocycles. The zero-order chi connectivity index (χ0) is 19.5. The maximum Gasteiger partial charge on any atom is -0.0185 e. The number of benzene rings is 1. The van der Waals surface area contributed by atoms with Crippen molar-refractivity contribution in [3.05, 3.63) is 48.1 Å². The van der Waals surface area contributed by atoms with Crippen LogP contribution in [0.2, 0.25) is 0 Å². The number of hydrogen-bond acceptors (Lipinski definition) is 0. The van der Waals surface area contributed by atoms with Crippen LogP contribution in [0.4, 0.5) is 0 Å². The third-order valence-corrected chi connectivity index (χ3v) is 6.09. The van der Waals surface area contributed by atoms with E-state index in [1.807, 2.05) is 0 Å². The molecule has 0 heterocycles. The first-order valence-electron chi connectivity index (χ1n) is 10.5. The van der Waals surface area contributed by atoms with Crippen molar-refractivity contribution in [3.63, 3.8) is 0 Å². The minimum atomic E-state index is 0.747. The van der Waals surface area contributed by atoms with Gasteiger partial charge in [0.1, 0.15) is 0 Å². The van der Waals surface area contributed by atoms with Gasteiger partial charge >= 0.3 is 0 Å². The molecule has 0 radical (unpaired) electrons. The molecular weight excluding hydrogens is 331 g/mol. The summed E-state index contributed by atoms with van der Waals surface area (Å²) in [6, 6.07) is 8.46. The van der Waals surface area contributed by atoms with Crippen LogP contribution >= 0.6 is 9.24 Å². The van der Waals surface area contributed by atoms with Gasteiger partial charge in [-0.25, -0.2) is 0 Å². The van der Waals surface area contributed by atoms with Crippen LogP contribution in [0.25, 0.3) is 6.08 Å². The van der Waals surface area contributed by atoms with E-state index in [0.29, 0.717) is 0 Å². The second-order valence-electron chi connectivity index (χ2n) is 8.87. The third-order valence-electron chi connectivity index (χ3n) is 5.56. The van der Waals surface area contributed by atoms with Crippen LogP contribution in [0.1, 0.15) is 72.8 Å². The normalized spacial score (nSPS) is 15.0. The van der Waals surface area contributed by atoms with Crippen molar-refractivity contribution in [2.75, 3.05) is 0 Å². The SMILES string of the molecule is CC(C)CCC(CC(CC=CC=Cc1ccccc1P)C(C)C)C(C)C. The second-order valence-corrected chi connectivity index (χ2v) is 9.49. The van der Waals surface area contributed by atoms with E-state index in [9.17, 15) is 0 Å². The summed E-state index contributed by atoms with van der Waals surface area (Å²) in [4.78, 5) is 0. The fourth-order valence-corrected chi connectivity index (χ4v) is 3.76. The Kier molecular flexibility index (Phi) is 11.1. The summed E-state index contributed by atoms with van der Waals surface area (Å²) in [7, 11) is 2.80. The van der Waals surface area contributed by atoms with Gasteiger partial charge in [-0.3, -0.25) is 0 Å². The highest BCUT2D eigenvalue weighted by atomic mass is 31.0. The van der Waals surface area contributed by atoms with Gasteiger partial charge in [0.2, 0.25) is 0 Å². The molecule has 0 aliphatic heterocycles. The van der Waals surface area contributed by atoms with E-state index in [1.54, 1.807) is 0 Å². The molecule has 0 amide bonds. The molecule has 0 aliphatic rings. The van der Waals surface area contributed by atoms with Crippen LogP contribution in [0.15, 0.2) is 42.5 Å². The Hall–Kier alpha value is -0.870. The summed E-state index contributed by atoms with van der Waals surface area (Å²) in [5.41, 5.74) is 1.27. The van der Waals surface area contributed by atoms with Gasteiger partial charge in [0.25, 0.3) is 0 Å². The van der Waals surface area contributed by atoms with Gasteiger partial charge in [-0.1, -0.05) is 96.5 Å². The molecule has 1 aromatic carbocycles. The van der Waals surface area contributed by atoms with E-state index in [1.165, 1.54) is 36.6 Å². The van der Waals surface area contributed by atoms with Gasteiger partial charge in [0.15, 0.2) is 0 Å². The highest BCUT2D eigenvalue weighted by molar-refractivity contribution is 7.27. The molecule has 1 heteroatoms. The van der Waals surface area contributed by atoms with Crippen LogP contribution in [0.5, 0.6) is 0 Å². The molecule has 1 aromatic rings. The van der Waals surface area contributed by atoms with E-state index in [2.05, 4.69) is 99.4 Å². The zero-order valence-corrected chi connectivity index (χ0v) is 19.1. The maximum absolute atomic E-state index is 2.80. The first-order valence-corrected chi connectivity index (χ1v) is 11.1. The standard InChI is InChI=1S/C25H41P/c1-19(2)16-17-24(21(5)6)18-23(20(3)4)14-9-7-8-12-22-13-10-11-15-25(22)26/h7-13,15,19-21,23-24H,14,16-18,26H2,1-6H3. The van der Waals surface area contributed by atoms with Crippen LogP contribution in [0.3, 0.4) is 0 Å². The molecule has 146 valence electrons. The molecule has 0 bridgehead atoms. The molecule has 1 rings (SSSR count). The maximum atomic E-state index is 2.80. The molecule has 0 fully saturated rings. The molecule has 0 nitrogen and oxygen atoms in total. The van der Waals surface area contributed by atoms with E-state index >= 15 is 0 Å². The van der Waals surface area contributed by atoms with Gasteiger partial charge in [-0.15, -0.1) is 9.24 Å². The van der Waals surface area contributed by atoms with Crippen molar-refractivity contribution in [2.45, 2.75) is 67.2 Å². The van der Waals surface area contributed by atoms with Crippen LogP contribution in [-0.2, 0) is 0 Å². The van der Waals surface area contributed by atoms with Crippen molar-refractivity contribution in [2.24, 2.45) is 29.6 Å². The topological polar surface area (TPSA) is 0 Å². The predicted molar refractivity (Wildman–Crippen MR) is 124 cm³/mol. The molecule has 26 heavy (non-hydrogen) atoms. The molecule has 0 saturated carbocycles. The quantitative estimate of drug-likeness (QED) is 0.278. The average Bonchev–Trinajstić information content (AvgIpc) is 2.57. The van der Waals surface area contributed by atoms with Crippen LogP contribution in [-0.4, -0.2) is 0 Å². The smallest absolute Gasteiger partial charge is 0.0185 e. The van der Waals surface area contributed by atoms with Crippen molar-refractivity contribution >= 4 is 20.6 Å². The Morgan fingerprint density at radius 3 is 2.08 bits per heavy atom. The van der Waals surface area contributed by atoms with E-state index in [4.69, 9.17) is 0 Å². The Bertz CT molecular complexity index is 551. The summed E-state index contributed by atoms with van der Waals surface area (Å²) in [6.45, 7) is 14.3. The molecule has 3 unspecified atom stereocenters. The lowest BCUT2D eigenvalue weighted by Crippen LogP contribution is -2.18. The Morgan fingerprint density at radius 2 is 1.50 bits per heavy atom. The molecule has 0 aliphatic carbocycles. The first-order chi connectivity index (χ1) is 12.3. The lowest BCUT2D eigenvalue weighted by molar-refractivity contribution is 0.231. The van der Waals surface area contributed by atoms with Crippen molar-refractivity contribution < 1.29 is 0 Å². The van der Waals surface area contributed by atoms with Crippen molar-refractivity contribution in [1.29, 1.82) is 0 Å². The summed E-state index contributed by atoms with van der Waals surface area (Å²) in [5, 5.41) is 1.25. The molecule has 0 N–H and O–H groups in total. The monoisotopic (exact) mass is 372 g/mol. The number of allylic oxidation sites excluding steroid dienone is 3.